The van der Waals surface area contributed by atoms with Crippen LogP contribution in [-0.2, 0) is 13.5 Å². The van der Waals surface area contributed by atoms with Crippen LogP contribution in [0.4, 0.5) is 5.69 Å². The number of aromatic nitrogens is 2. The predicted molar refractivity (Wildman–Crippen MR) is 91.5 cm³/mol. The van der Waals surface area contributed by atoms with Gasteiger partial charge in [-0.15, -0.1) is 0 Å². The van der Waals surface area contributed by atoms with Gasteiger partial charge in [0.1, 0.15) is 0 Å². The molecule has 2 N–H and O–H groups in total. The smallest absolute Gasteiger partial charge is 0.171 e. The molecular formula is C16H22N4S. The molecular weight excluding hydrogens is 280 g/mol. The lowest BCUT2D eigenvalue weighted by atomic mass is 10.1. The summed E-state index contributed by atoms with van der Waals surface area (Å²) in [6.45, 7) is 6.28. The zero-order valence-electron chi connectivity index (χ0n) is 13.0. The van der Waals surface area contributed by atoms with Crippen LogP contribution in [0.25, 0.3) is 0 Å². The second kappa shape index (κ2) is 6.72. The van der Waals surface area contributed by atoms with Gasteiger partial charge in [-0.3, -0.25) is 4.68 Å². The number of anilines is 1. The minimum Gasteiger partial charge on any atom is -0.356 e. The maximum atomic E-state index is 5.37. The van der Waals surface area contributed by atoms with Crippen molar-refractivity contribution in [3.05, 3.63) is 47.3 Å². The van der Waals surface area contributed by atoms with E-state index in [1.807, 2.05) is 30.1 Å². The number of benzene rings is 1. The molecule has 1 aromatic carbocycles. The molecule has 0 radical (unpaired) electrons. The van der Waals surface area contributed by atoms with E-state index in [1.165, 1.54) is 5.56 Å². The van der Waals surface area contributed by atoms with Crippen molar-refractivity contribution in [2.24, 2.45) is 7.05 Å². The van der Waals surface area contributed by atoms with Crippen molar-refractivity contribution in [1.82, 2.24) is 15.1 Å². The van der Waals surface area contributed by atoms with Crippen molar-refractivity contribution in [2.45, 2.75) is 33.2 Å². The van der Waals surface area contributed by atoms with Crippen LogP contribution in [-0.4, -0.2) is 14.9 Å². The summed E-state index contributed by atoms with van der Waals surface area (Å²) in [5.41, 5.74) is 4.62. The molecule has 0 amide bonds. The van der Waals surface area contributed by atoms with Crippen molar-refractivity contribution in [3.8, 4) is 0 Å². The van der Waals surface area contributed by atoms with E-state index < -0.39 is 0 Å². The van der Waals surface area contributed by atoms with Crippen molar-refractivity contribution < 1.29 is 0 Å². The summed E-state index contributed by atoms with van der Waals surface area (Å²) in [5, 5.41) is 11.4. The highest BCUT2D eigenvalue weighted by molar-refractivity contribution is 7.80. The molecule has 0 saturated heterocycles. The Balaban J connectivity index is 1.96. The summed E-state index contributed by atoms with van der Waals surface area (Å²) < 4.78 is 1.87. The molecule has 0 fully saturated rings. The quantitative estimate of drug-likeness (QED) is 0.850. The average Bonchev–Trinajstić information content (AvgIpc) is 2.79. The van der Waals surface area contributed by atoms with Crippen LogP contribution >= 0.6 is 12.2 Å². The molecule has 112 valence electrons. The highest BCUT2D eigenvalue weighted by Gasteiger charge is 2.12. The van der Waals surface area contributed by atoms with Gasteiger partial charge in [0.05, 0.1) is 12.2 Å². The Morgan fingerprint density at radius 3 is 2.52 bits per heavy atom. The molecule has 1 heterocycles. The van der Waals surface area contributed by atoms with Gasteiger partial charge in [-0.05, 0) is 50.2 Å². The largest absolute Gasteiger partial charge is 0.356 e. The normalized spacial score (nSPS) is 12.0. The summed E-state index contributed by atoms with van der Waals surface area (Å²) in [4.78, 5) is 0. The minimum absolute atomic E-state index is 0.119. The summed E-state index contributed by atoms with van der Waals surface area (Å²) in [6.07, 6.45) is 2.92. The number of aryl methyl sites for hydroxylation is 2. The monoisotopic (exact) mass is 302 g/mol. The highest BCUT2D eigenvalue weighted by atomic mass is 32.1. The van der Waals surface area contributed by atoms with Gasteiger partial charge in [0.25, 0.3) is 0 Å². The molecule has 0 bridgehead atoms. The predicted octanol–water partition coefficient (Wildman–Crippen LogP) is 3.34. The topological polar surface area (TPSA) is 41.9 Å². The van der Waals surface area contributed by atoms with E-state index in [4.69, 9.17) is 12.2 Å². The molecule has 0 saturated carbocycles. The Labute approximate surface area is 131 Å². The molecule has 4 nitrogen and oxygen atoms in total. The van der Waals surface area contributed by atoms with Gasteiger partial charge in [0.2, 0.25) is 0 Å². The highest BCUT2D eigenvalue weighted by Crippen LogP contribution is 2.16. The molecule has 2 aromatic rings. The first-order valence-electron chi connectivity index (χ1n) is 7.16. The molecule has 0 aliphatic heterocycles. The van der Waals surface area contributed by atoms with Crippen LogP contribution < -0.4 is 10.6 Å². The average molecular weight is 302 g/mol. The molecule has 1 unspecified atom stereocenters. The van der Waals surface area contributed by atoms with Crippen molar-refractivity contribution in [2.75, 3.05) is 5.32 Å². The standard InChI is InChI=1S/C16H22N4S/c1-5-13-6-8-14(9-7-13)19-16(21)18-11(2)15-10-17-20(4)12(15)3/h6-11H,5H2,1-4H3,(H2,18,19,21). The van der Waals surface area contributed by atoms with E-state index in [1.54, 1.807) is 0 Å². The summed E-state index contributed by atoms with van der Waals surface area (Å²) in [5.74, 6) is 0. The Morgan fingerprint density at radius 1 is 1.33 bits per heavy atom. The van der Waals surface area contributed by atoms with E-state index in [0.29, 0.717) is 5.11 Å². The van der Waals surface area contributed by atoms with Gasteiger partial charge < -0.3 is 10.6 Å². The van der Waals surface area contributed by atoms with Gasteiger partial charge in [-0.1, -0.05) is 19.1 Å². The second-order valence-electron chi connectivity index (χ2n) is 5.18. The molecule has 0 spiro atoms. The molecule has 0 aliphatic rings. The van der Waals surface area contributed by atoms with Crippen LogP contribution in [0.3, 0.4) is 0 Å². The van der Waals surface area contributed by atoms with Crippen LogP contribution in [0.5, 0.6) is 0 Å². The van der Waals surface area contributed by atoms with Crippen molar-refractivity contribution in [1.29, 1.82) is 0 Å². The van der Waals surface area contributed by atoms with Gasteiger partial charge in [-0.2, -0.15) is 5.10 Å². The Kier molecular flexibility index (Phi) is 4.96. The fourth-order valence-corrected chi connectivity index (χ4v) is 2.50. The van der Waals surface area contributed by atoms with Gasteiger partial charge in [0, 0.05) is 24.0 Å². The zero-order chi connectivity index (χ0) is 15.4. The number of thiocarbonyl (C=S) groups is 1. The lowest BCUT2D eigenvalue weighted by Gasteiger charge is -2.17. The van der Waals surface area contributed by atoms with E-state index >= 15 is 0 Å². The SMILES string of the molecule is CCc1ccc(NC(=S)NC(C)c2cnn(C)c2C)cc1. The third-order valence-corrected chi connectivity index (χ3v) is 3.93. The Morgan fingerprint density at radius 2 is 2.00 bits per heavy atom. The third kappa shape index (κ3) is 3.82. The summed E-state index contributed by atoms with van der Waals surface area (Å²) in [6, 6.07) is 8.44. The Hall–Kier alpha value is -1.88. The first-order chi connectivity index (χ1) is 10.0. The lowest BCUT2D eigenvalue weighted by molar-refractivity contribution is 0.701. The number of hydrogen-bond donors (Lipinski definition) is 2. The number of nitrogens with zero attached hydrogens (tertiary/aromatic N) is 2. The number of rotatable bonds is 4. The van der Waals surface area contributed by atoms with E-state index in [0.717, 1.165) is 23.4 Å². The fraction of sp³-hybridized carbons (Fsp3) is 0.375. The molecule has 2 rings (SSSR count). The maximum absolute atomic E-state index is 5.37. The molecule has 1 atom stereocenters. The van der Waals surface area contributed by atoms with Crippen molar-refractivity contribution >= 4 is 23.0 Å². The van der Waals surface area contributed by atoms with Crippen LogP contribution in [0, 0.1) is 6.92 Å². The third-order valence-electron chi connectivity index (χ3n) is 3.71. The first-order valence-corrected chi connectivity index (χ1v) is 7.57. The van der Waals surface area contributed by atoms with Crippen molar-refractivity contribution in [3.63, 3.8) is 0 Å². The number of nitrogens with one attached hydrogen (secondary N) is 2. The Bertz CT molecular complexity index is 616. The maximum Gasteiger partial charge on any atom is 0.171 e. The molecule has 21 heavy (non-hydrogen) atoms. The minimum atomic E-state index is 0.119. The van der Waals surface area contributed by atoms with Crippen LogP contribution in [0.1, 0.15) is 36.7 Å². The van der Waals surface area contributed by atoms with Gasteiger partial charge in [0.15, 0.2) is 5.11 Å². The second-order valence-corrected chi connectivity index (χ2v) is 5.59. The molecule has 0 aliphatic carbocycles. The van der Waals surface area contributed by atoms with Gasteiger partial charge in [-0.25, -0.2) is 0 Å². The van der Waals surface area contributed by atoms with E-state index in [9.17, 15) is 0 Å². The summed E-state index contributed by atoms with van der Waals surface area (Å²) >= 11 is 5.37. The number of hydrogen-bond acceptors (Lipinski definition) is 2. The summed E-state index contributed by atoms with van der Waals surface area (Å²) in [7, 11) is 1.94. The van der Waals surface area contributed by atoms with Crippen LogP contribution in [0.2, 0.25) is 0 Å². The molecule has 5 heteroatoms. The lowest BCUT2D eigenvalue weighted by Crippen LogP contribution is -2.31. The zero-order valence-corrected chi connectivity index (χ0v) is 13.8. The molecule has 1 aromatic heterocycles. The van der Waals surface area contributed by atoms with E-state index in [-0.39, 0.29) is 6.04 Å². The fourth-order valence-electron chi connectivity index (χ4n) is 2.21. The van der Waals surface area contributed by atoms with Crippen LogP contribution in [0.15, 0.2) is 30.5 Å². The van der Waals surface area contributed by atoms with Gasteiger partial charge >= 0.3 is 0 Å². The van der Waals surface area contributed by atoms with E-state index in [2.05, 4.69) is 48.6 Å². The first kappa shape index (κ1) is 15.5.